The Kier molecular flexibility index (Phi) is 5.12. The Morgan fingerprint density at radius 1 is 1.13 bits per heavy atom. The molecule has 1 aromatic rings. The van der Waals surface area contributed by atoms with Crippen molar-refractivity contribution in [3.05, 3.63) is 35.9 Å². The topological polar surface area (TPSA) is 61.9 Å². The van der Waals surface area contributed by atoms with Gasteiger partial charge >= 0.3 is 6.09 Å². The number of hydrogen-bond acceptors (Lipinski definition) is 4. The fourth-order valence-electron chi connectivity index (χ4n) is 3.14. The Morgan fingerprint density at radius 3 is 2.61 bits per heavy atom. The molecule has 0 saturated carbocycles. The normalized spacial score (nSPS) is 21.3. The highest BCUT2D eigenvalue weighted by atomic mass is 16.6. The third-order valence-electron chi connectivity index (χ3n) is 4.41. The Bertz CT molecular complexity index is 543. The van der Waals surface area contributed by atoms with E-state index in [2.05, 4.69) is 5.32 Å². The number of ether oxygens (including phenoxy) is 1. The van der Waals surface area contributed by atoms with Crippen LogP contribution in [0.4, 0.5) is 4.79 Å². The standard InChI is InChI=1S/C17H23N3O3/c21-16(19-11-8-18-9-12-19)15-7-4-10-20(15)17(22)23-13-14-5-2-1-3-6-14/h1-3,5-6,15,18H,4,7-13H2/t15-/m1/s1. The number of nitrogens with zero attached hydrogens (tertiary/aromatic N) is 2. The third kappa shape index (κ3) is 3.82. The Morgan fingerprint density at radius 2 is 1.87 bits per heavy atom. The summed E-state index contributed by atoms with van der Waals surface area (Å²) in [6.45, 7) is 3.89. The molecule has 1 aromatic carbocycles. The van der Waals surface area contributed by atoms with Crippen LogP contribution >= 0.6 is 0 Å². The van der Waals surface area contributed by atoms with Gasteiger partial charge in [-0.05, 0) is 18.4 Å². The van der Waals surface area contributed by atoms with Gasteiger partial charge in [0, 0.05) is 32.7 Å². The lowest BCUT2D eigenvalue weighted by atomic mass is 10.2. The highest BCUT2D eigenvalue weighted by Crippen LogP contribution is 2.21. The van der Waals surface area contributed by atoms with Crippen molar-refractivity contribution >= 4 is 12.0 Å². The largest absolute Gasteiger partial charge is 0.445 e. The maximum absolute atomic E-state index is 12.6. The van der Waals surface area contributed by atoms with Gasteiger partial charge in [-0.3, -0.25) is 9.69 Å². The quantitative estimate of drug-likeness (QED) is 0.910. The molecular weight excluding hydrogens is 294 g/mol. The van der Waals surface area contributed by atoms with Crippen LogP contribution in [-0.4, -0.2) is 60.6 Å². The van der Waals surface area contributed by atoms with E-state index >= 15 is 0 Å². The number of carbonyl (C=O) groups excluding carboxylic acids is 2. The lowest BCUT2D eigenvalue weighted by Crippen LogP contribution is -2.53. The summed E-state index contributed by atoms with van der Waals surface area (Å²) in [5.41, 5.74) is 0.949. The first-order valence-electron chi connectivity index (χ1n) is 8.22. The van der Waals surface area contributed by atoms with Gasteiger partial charge in [-0.2, -0.15) is 0 Å². The van der Waals surface area contributed by atoms with Crippen LogP contribution in [-0.2, 0) is 16.1 Å². The zero-order valence-corrected chi connectivity index (χ0v) is 13.2. The smallest absolute Gasteiger partial charge is 0.410 e. The van der Waals surface area contributed by atoms with Gasteiger partial charge in [0.05, 0.1) is 0 Å². The molecule has 2 fully saturated rings. The van der Waals surface area contributed by atoms with E-state index in [1.54, 1.807) is 4.90 Å². The monoisotopic (exact) mass is 317 g/mol. The molecule has 1 N–H and O–H groups in total. The summed E-state index contributed by atoms with van der Waals surface area (Å²) in [6.07, 6.45) is 1.19. The van der Waals surface area contributed by atoms with Crippen LogP contribution in [0.3, 0.4) is 0 Å². The van der Waals surface area contributed by atoms with Crippen molar-refractivity contribution < 1.29 is 14.3 Å². The van der Waals surface area contributed by atoms with Gasteiger partial charge in [0.15, 0.2) is 0 Å². The van der Waals surface area contributed by atoms with Crippen molar-refractivity contribution in [2.75, 3.05) is 32.7 Å². The Balaban J connectivity index is 1.57. The average Bonchev–Trinajstić information content (AvgIpc) is 3.10. The van der Waals surface area contributed by atoms with Crippen molar-refractivity contribution in [1.29, 1.82) is 0 Å². The number of carbonyl (C=O) groups is 2. The molecule has 0 aliphatic carbocycles. The van der Waals surface area contributed by atoms with Crippen molar-refractivity contribution in [3.63, 3.8) is 0 Å². The summed E-state index contributed by atoms with van der Waals surface area (Å²) in [5, 5.41) is 3.23. The average molecular weight is 317 g/mol. The molecule has 124 valence electrons. The third-order valence-corrected chi connectivity index (χ3v) is 4.41. The summed E-state index contributed by atoms with van der Waals surface area (Å²) >= 11 is 0. The summed E-state index contributed by atoms with van der Waals surface area (Å²) in [7, 11) is 0. The Hall–Kier alpha value is -2.08. The SMILES string of the molecule is O=C([C@H]1CCCN1C(=O)OCc1ccccc1)N1CCNCC1. The molecular formula is C17H23N3O3. The van der Waals surface area contributed by atoms with Crippen LogP contribution < -0.4 is 5.32 Å². The molecule has 1 atom stereocenters. The summed E-state index contributed by atoms with van der Waals surface area (Å²) < 4.78 is 5.38. The van der Waals surface area contributed by atoms with Gasteiger partial charge in [-0.25, -0.2) is 4.79 Å². The first-order chi connectivity index (χ1) is 11.3. The predicted octanol–water partition coefficient (Wildman–Crippen LogP) is 1.22. The van der Waals surface area contributed by atoms with Gasteiger partial charge in [-0.15, -0.1) is 0 Å². The predicted molar refractivity (Wildman–Crippen MR) is 85.8 cm³/mol. The molecule has 23 heavy (non-hydrogen) atoms. The molecule has 0 aromatic heterocycles. The molecule has 6 heteroatoms. The Labute approximate surface area is 136 Å². The first kappa shape index (κ1) is 15.8. The van der Waals surface area contributed by atoms with Crippen LogP contribution in [0.15, 0.2) is 30.3 Å². The minimum absolute atomic E-state index is 0.0562. The van der Waals surface area contributed by atoms with E-state index in [0.29, 0.717) is 19.6 Å². The first-order valence-corrected chi connectivity index (χ1v) is 8.22. The number of benzene rings is 1. The fourth-order valence-corrected chi connectivity index (χ4v) is 3.14. The van der Waals surface area contributed by atoms with E-state index in [4.69, 9.17) is 4.74 Å². The molecule has 2 aliphatic rings. The number of hydrogen-bond donors (Lipinski definition) is 1. The van der Waals surface area contributed by atoms with Crippen molar-refractivity contribution in [1.82, 2.24) is 15.1 Å². The molecule has 3 rings (SSSR count). The van der Waals surface area contributed by atoms with E-state index < -0.39 is 0 Å². The van der Waals surface area contributed by atoms with E-state index in [1.165, 1.54) is 0 Å². The van der Waals surface area contributed by atoms with Crippen LogP contribution in [0, 0.1) is 0 Å². The minimum atomic E-state index is -0.389. The second-order valence-electron chi connectivity index (χ2n) is 5.97. The molecule has 0 radical (unpaired) electrons. The second kappa shape index (κ2) is 7.46. The molecule has 2 amide bonds. The van der Waals surface area contributed by atoms with E-state index in [-0.39, 0.29) is 24.6 Å². The van der Waals surface area contributed by atoms with Gasteiger partial charge in [0.25, 0.3) is 0 Å². The molecule has 2 aliphatic heterocycles. The zero-order valence-electron chi connectivity index (χ0n) is 13.2. The van der Waals surface area contributed by atoms with Crippen molar-refractivity contribution in [2.45, 2.75) is 25.5 Å². The van der Waals surface area contributed by atoms with E-state index in [9.17, 15) is 9.59 Å². The van der Waals surface area contributed by atoms with Crippen LogP contribution in [0.5, 0.6) is 0 Å². The highest BCUT2D eigenvalue weighted by molar-refractivity contribution is 5.86. The lowest BCUT2D eigenvalue weighted by molar-refractivity contribution is -0.136. The molecule has 6 nitrogen and oxygen atoms in total. The maximum Gasteiger partial charge on any atom is 0.410 e. The van der Waals surface area contributed by atoms with Crippen LogP contribution in [0.2, 0.25) is 0 Å². The molecule has 0 bridgehead atoms. The number of nitrogens with one attached hydrogen (secondary N) is 1. The molecule has 0 spiro atoms. The van der Waals surface area contributed by atoms with Crippen LogP contribution in [0.25, 0.3) is 0 Å². The van der Waals surface area contributed by atoms with Crippen LogP contribution in [0.1, 0.15) is 18.4 Å². The van der Waals surface area contributed by atoms with Gasteiger partial charge in [0.2, 0.25) is 5.91 Å². The van der Waals surface area contributed by atoms with Gasteiger partial charge in [-0.1, -0.05) is 30.3 Å². The van der Waals surface area contributed by atoms with Crippen molar-refractivity contribution in [3.8, 4) is 0 Å². The number of amides is 2. The summed E-state index contributed by atoms with van der Waals surface area (Å²) in [4.78, 5) is 28.4. The van der Waals surface area contributed by atoms with E-state index in [1.807, 2.05) is 35.2 Å². The fraction of sp³-hybridized carbons (Fsp3) is 0.529. The second-order valence-corrected chi connectivity index (χ2v) is 5.97. The van der Waals surface area contributed by atoms with Gasteiger partial charge in [0.1, 0.15) is 12.6 Å². The summed E-state index contributed by atoms with van der Waals surface area (Å²) in [6, 6.07) is 9.22. The maximum atomic E-state index is 12.6. The van der Waals surface area contributed by atoms with E-state index in [0.717, 1.165) is 31.5 Å². The molecule has 2 heterocycles. The number of rotatable bonds is 3. The minimum Gasteiger partial charge on any atom is -0.445 e. The van der Waals surface area contributed by atoms with Gasteiger partial charge < -0.3 is 15.0 Å². The number of likely N-dealkylation sites (tertiary alicyclic amines) is 1. The zero-order chi connectivity index (χ0) is 16.1. The molecule has 0 unspecified atom stereocenters. The summed E-state index contributed by atoms with van der Waals surface area (Å²) in [5.74, 6) is 0.0562. The van der Waals surface area contributed by atoms with Crippen molar-refractivity contribution in [2.24, 2.45) is 0 Å². The highest BCUT2D eigenvalue weighted by Gasteiger charge is 2.37. The number of piperazine rings is 1. The molecule has 2 saturated heterocycles. The lowest BCUT2D eigenvalue weighted by Gasteiger charge is -2.32.